The van der Waals surface area contributed by atoms with Crippen LogP contribution in [0.25, 0.3) is 0 Å². The molecule has 1 saturated carbocycles. The Bertz CT molecular complexity index is 912. The van der Waals surface area contributed by atoms with Gasteiger partial charge in [-0.2, -0.15) is 0 Å². The Morgan fingerprint density at radius 1 is 1.06 bits per heavy atom. The molecule has 1 N–H and O–H groups in total. The highest BCUT2D eigenvalue weighted by atomic mass is 16.6. The number of nitrogens with one attached hydrogen (secondary N) is 1. The highest BCUT2D eigenvalue weighted by Gasteiger charge is 2.23. The maximum Gasteiger partial charge on any atom is 0.273 e. The first kappa shape index (κ1) is 21.2. The molecule has 2 heterocycles. The molecular weight excluding hydrogens is 394 g/mol. The molecule has 0 bridgehead atoms. The maximum absolute atomic E-state index is 12.3. The first-order chi connectivity index (χ1) is 15.1. The van der Waals surface area contributed by atoms with Crippen molar-refractivity contribution in [2.45, 2.75) is 38.6 Å². The van der Waals surface area contributed by atoms with Crippen LogP contribution in [0.2, 0.25) is 0 Å². The highest BCUT2D eigenvalue weighted by molar-refractivity contribution is 5.92. The number of nitro groups is 1. The summed E-state index contributed by atoms with van der Waals surface area (Å²) in [4.78, 5) is 32.3. The smallest absolute Gasteiger partial charge is 0.273 e. The fourth-order valence-electron chi connectivity index (χ4n) is 4.50. The predicted octanol–water partition coefficient (Wildman–Crippen LogP) is 3.83. The molecule has 2 fully saturated rings. The van der Waals surface area contributed by atoms with E-state index in [4.69, 9.17) is 0 Å². The first-order valence-corrected chi connectivity index (χ1v) is 11.1. The second-order valence-corrected chi connectivity index (χ2v) is 8.38. The molecule has 31 heavy (non-hydrogen) atoms. The lowest BCUT2D eigenvalue weighted by atomic mass is 10.1. The lowest BCUT2D eigenvalue weighted by Crippen LogP contribution is -2.31. The van der Waals surface area contributed by atoms with E-state index in [-0.39, 0.29) is 22.4 Å². The predicted molar refractivity (Wildman–Crippen MR) is 120 cm³/mol. The van der Waals surface area contributed by atoms with Crippen molar-refractivity contribution in [2.24, 2.45) is 5.92 Å². The van der Waals surface area contributed by atoms with Crippen molar-refractivity contribution in [2.75, 3.05) is 36.4 Å². The number of aromatic nitrogens is 1. The lowest BCUT2D eigenvalue weighted by molar-refractivity contribution is -0.385. The summed E-state index contributed by atoms with van der Waals surface area (Å²) < 4.78 is 0. The Morgan fingerprint density at radius 3 is 2.61 bits per heavy atom. The van der Waals surface area contributed by atoms with Gasteiger partial charge in [0.1, 0.15) is 5.82 Å². The molecule has 1 aliphatic heterocycles. The van der Waals surface area contributed by atoms with Gasteiger partial charge >= 0.3 is 0 Å². The van der Waals surface area contributed by atoms with Gasteiger partial charge in [-0.15, -0.1) is 0 Å². The van der Waals surface area contributed by atoms with Crippen LogP contribution < -0.4 is 10.2 Å². The highest BCUT2D eigenvalue weighted by Crippen LogP contribution is 2.26. The van der Waals surface area contributed by atoms with Crippen LogP contribution in [0.3, 0.4) is 0 Å². The van der Waals surface area contributed by atoms with E-state index in [0.29, 0.717) is 6.54 Å². The number of benzene rings is 1. The van der Waals surface area contributed by atoms with Gasteiger partial charge in [0.25, 0.3) is 5.69 Å². The summed E-state index contributed by atoms with van der Waals surface area (Å²) in [7, 11) is 0. The second kappa shape index (κ2) is 9.87. The topological polar surface area (TPSA) is 91.6 Å². The van der Waals surface area contributed by atoms with Crippen LogP contribution in [-0.2, 0) is 11.3 Å². The van der Waals surface area contributed by atoms with E-state index in [1.165, 1.54) is 0 Å². The SMILES string of the molecule is O=C(Nc1ccc(N2CCCN(Cc3ccccc3[N+](=O)[O-])CC2)nc1)C1CCCC1. The Morgan fingerprint density at radius 2 is 1.87 bits per heavy atom. The number of nitro benzene ring substituents is 1. The molecule has 0 unspecified atom stereocenters. The monoisotopic (exact) mass is 423 g/mol. The Kier molecular flexibility index (Phi) is 6.76. The van der Waals surface area contributed by atoms with Gasteiger partial charge in [0.05, 0.1) is 16.8 Å². The standard InChI is InChI=1S/C23H29N5O3/c29-23(18-6-1-2-7-18)25-20-10-11-22(24-16-20)27-13-5-12-26(14-15-27)17-19-8-3-4-9-21(19)28(30)31/h3-4,8-11,16,18H,1-2,5-7,12-15,17H2,(H,25,29). The minimum Gasteiger partial charge on any atom is -0.355 e. The van der Waals surface area contributed by atoms with E-state index < -0.39 is 0 Å². The Hall–Kier alpha value is -3.00. The zero-order valence-corrected chi connectivity index (χ0v) is 17.7. The molecule has 8 heteroatoms. The number of carbonyl (C=O) groups excluding carboxylic acids is 1. The summed E-state index contributed by atoms with van der Waals surface area (Å²) in [6.45, 7) is 3.96. The number of carbonyl (C=O) groups is 1. The molecule has 2 aromatic rings. The van der Waals surface area contributed by atoms with Crippen molar-refractivity contribution in [1.29, 1.82) is 0 Å². The van der Waals surface area contributed by atoms with Crippen molar-refractivity contribution in [3.05, 3.63) is 58.3 Å². The number of anilines is 2. The molecule has 8 nitrogen and oxygen atoms in total. The number of para-hydroxylation sites is 1. The third-order valence-corrected chi connectivity index (χ3v) is 6.24. The molecular formula is C23H29N5O3. The van der Waals surface area contributed by atoms with E-state index in [1.54, 1.807) is 18.3 Å². The largest absolute Gasteiger partial charge is 0.355 e. The molecule has 1 aromatic heterocycles. The fourth-order valence-corrected chi connectivity index (χ4v) is 4.50. The van der Waals surface area contributed by atoms with E-state index in [2.05, 4.69) is 20.1 Å². The van der Waals surface area contributed by atoms with Crippen LogP contribution in [0.5, 0.6) is 0 Å². The number of pyridine rings is 1. The first-order valence-electron chi connectivity index (χ1n) is 11.1. The molecule has 164 valence electrons. The molecule has 1 aromatic carbocycles. The Labute approximate surface area is 182 Å². The Balaban J connectivity index is 1.33. The fraction of sp³-hybridized carbons (Fsp3) is 0.478. The summed E-state index contributed by atoms with van der Waals surface area (Å²) >= 11 is 0. The number of hydrogen-bond donors (Lipinski definition) is 1. The van der Waals surface area contributed by atoms with Crippen molar-refractivity contribution in [3.63, 3.8) is 0 Å². The van der Waals surface area contributed by atoms with E-state index >= 15 is 0 Å². The van der Waals surface area contributed by atoms with Crippen molar-refractivity contribution >= 4 is 23.1 Å². The van der Waals surface area contributed by atoms with Crippen LogP contribution in [0.1, 0.15) is 37.7 Å². The number of hydrogen-bond acceptors (Lipinski definition) is 6. The third kappa shape index (κ3) is 5.38. The van der Waals surface area contributed by atoms with Gasteiger partial charge in [0, 0.05) is 50.3 Å². The van der Waals surface area contributed by atoms with Crippen molar-refractivity contribution < 1.29 is 9.72 Å². The maximum atomic E-state index is 12.3. The number of rotatable bonds is 6. The van der Waals surface area contributed by atoms with Gasteiger partial charge in [-0.25, -0.2) is 4.98 Å². The zero-order chi connectivity index (χ0) is 21.6. The molecule has 4 rings (SSSR count). The second-order valence-electron chi connectivity index (χ2n) is 8.38. The van der Waals surface area contributed by atoms with Gasteiger partial charge in [0.2, 0.25) is 5.91 Å². The van der Waals surface area contributed by atoms with Gasteiger partial charge in [0.15, 0.2) is 0 Å². The average Bonchev–Trinajstić information content (AvgIpc) is 3.22. The lowest BCUT2D eigenvalue weighted by Gasteiger charge is -2.23. The number of amides is 1. The van der Waals surface area contributed by atoms with Crippen molar-refractivity contribution in [1.82, 2.24) is 9.88 Å². The molecule has 0 radical (unpaired) electrons. The zero-order valence-electron chi connectivity index (χ0n) is 17.7. The van der Waals surface area contributed by atoms with Gasteiger partial charge in [-0.05, 0) is 31.4 Å². The van der Waals surface area contributed by atoms with Gasteiger partial charge < -0.3 is 10.2 Å². The summed E-state index contributed by atoms with van der Waals surface area (Å²) in [5, 5.41) is 14.3. The normalized spacial score (nSPS) is 18.0. The van der Waals surface area contributed by atoms with Crippen LogP contribution in [0.4, 0.5) is 17.2 Å². The van der Waals surface area contributed by atoms with E-state index in [9.17, 15) is 14.9 Å². The summed E-state index contributed by atoms with van der Waals surface area (Å²) in [5.74, 6) is 1.13. The molecule has 0 spiro atoms. The molecule has 1 amide bonds. The molecule has 1 aliphatic carbocycles. The van der Waals surface area contributed by atoms with E-state index in [0.717, 1.165) is 75.4 Å². The minimum atomic E-state index is -0.309. The summed E-state index contributed by atoms with van der Waals surface area (Å²) in [6.07, 6.45) is 6.93. The van der Waals surface area contributed by atoms with Crippen LogP contribution in [0.15, 0.2) is 42.6 Å². The van der Waals surface area contributed by atoms with E-state index in [1.807, 2.05) is 24.3 Å². The summed E-state index contributed by atoms with van der Waals surface area (Å²) in [6, 6.07) is 10.8. The van der Waals surface area contributed by atoms with Gasteiger partial charge in [-0.3, -0.25) is 19.8 Å². The quantitative estimate of drug-likeness (QED) is 0.561. The van der Waals surface area contributed by atoms with Crippen LogP contribution in [0, 0.1) is 16.0 Å². The van der Waals surface area contributed by atoms with Crippen LogP contribution >= 0.6 is 0 Å². The molecule has 0 atom stereocenters. The molecule has 2 aliphatic rings. The van der Waals surface area contributed by atoms with Crippen molar-refractivity contribution in [3.8, 4) is 0 Å². The number of nitrogens with zero attached hydrogens (tertiary/aromatic N) is 4. The average molecular weight is 424 g/mol. The van der Waals surface area contributed by atoms with Crippen LogP contribution in [-0.4, -0.2) is 46.9 Å². The third-order valence-electron chi connectivity index (χ3n) is 6.24. The van der Waals surface area contributed by atoms with Gasteiger partial charge in [-0.1, -0.05) is 31.0 Å². The minimum absolute atomic E-state index is 0.104. The summed E-state index contributed by atoms with van der Waals surface area (Å²) in [5.41, 5.74) is 1.68. The molecule has 1 saturated heterocycles.